The van der Waals surface area contributed by atoms with Crippen molar-refractivity contribution >= 4 is 11.6 Å². The summed E-state index contributed by atoms with van der Waals surface area (Å²) in [5.74, 6) is 1.32. The number of nitrogens with zero attached hydrogens (tertiary/aromatic N) is 2. The van der Waals surface area contributed by atoms with Crippen LogP contribution >= 0.6 is 0 Å². The van der Waals surface area contributed by atoms with Gasteiger partial charge in [-0.15, -0.1) is 0 Å². The van der Waals surface area contributed by atoms with Gasteiger partial charge in [-0.3, -0.25) is 0 Å². The van der Waals surface area contributed by atoms with Crippen LogP contribution in [0, 0.1) is 5.82 Å². The topological polar surface area (TPSA) is 49.8 Å². The van der Waals surface area contributed by atoms with Gasteiger partial charge in [-0.25, -0.2) is 14.4 Å². The summed E-state index contributed by atoms with van der Waals surface area (Å²) in [5.41, 5.74) is 0.626. The Morgan fingerprint density at radius 2 is 1.86 bits per heavy atom. The minimum absolute atomic E-state index is 0.205. The van der Waals surface area contributed by atoms with Gasteiger partial charge in [-0.1, -0.05) is 31.0 Å². The molecule has 1 saturated carbocycles. The van der Waals surface area contributed by atoms with Crippen molar-refractivity contribution in [1.29, 1.82) is 0 Å². The second-order valence-corrected chi connectivity index (χ2v) is 5.36. The van der Waals surface area contributed by atoms with E-state index in [4.69, 9.17) is 0 Å². The van der Waals surface area contributed by atoms with Gasteiger partial charge >= 0.3 is 0 Å². The SMILES string of the molecule is Fc1ccccc1CNc1cc(NC2CCCC2)ncn1. The summed E-state index contributed by atoms with van der Waals surface area (Å²) >= 11 is 0. The number of hydrogen-bond donors (Lipinski definition) is 2. The van der Waals surface area contributed by atoms with Crippen molar-refractivity contribution in [1.82, 2.24) is 9.97 Å². The molecule has 3 rings (SSSR count). The first-order chi connectivity index (χ1) is 10.3. The zero-order chi connectivity index (χ0) is 14.5. The highest BCUT2D eigenvalue weighted by atomic mass is 19.1. The monoisotopic (exact) mass is 286 g/mol. The molecule has 1 fully saturated rings. The molecule has 0 unspecified atom stereocenters. The maximum absolute atomic E-state index is 13.6. The lowest BCUT2D eigenvalue weighted by Gasteiger charge is -2.13. The molecule has 0 atom stereocenters. The van der Waals surface area contributed by atoms with Crippen molar-refractivity contribution in [2.45, 2.75) is 38.3 Å². The summed E-state index contributed by atoms with van der Waals surface area (Å²) in [4.78, 5) is 8.41. The average molecular weight is 286 g/mol. The van der Waals surface area contributed by atoms with Crippen molar-refractivity contribution in [2.24, 2.45) is 0 Å². The molecule has 0 radical (unpaired) electrons. The van der Waals surface area contributed by atoms with Gasteiger partial charge in [0.05, 0.1) is 0 Å². The molecular weight excluding hydrogens is 267 g/mol. The van der Waals surface area contributed by atoms with Gasteiger partial charge < -0.3 is 10.6 Å². The minimum atomic E-state index is -0.205. The molecule has 5 heteroatoms. The Kier molecular flexibility index (Phi) is 4.28. The van der Waals surface area contributed by atoms with Crippen LogP contribution in [0.2, 0.25) is 0 Å². The lowest BCUT2D eigenvalue weighted by Crippen LogP contribution is -2.15. The van der Waals surface area contributed by atoms with Gasteiger partial charge in [0.15, 0.2) is 0 Å². The Labute approximate surface area is 123 Å². The van der Waals surface area contributed by atoms with Crippen molar-refractivity contribution < 1.29 is 4.39 Å². The fourth-order valence-electron chi connectivity index (χ4n) is 2.64. The number of hydrogen-bond acceptors (Lipinski definition) is 4. The first-order valence-electron chi connectivity index (χ1n) is 7.37. The maximum atomic E-state index is 13.6. The van der Waals surface area contributed by atoms with Crippen LogP contribution in [-0.2, 0) is 6.54 Å². The lowest BCUT2D eigenvalue weighted by atomic mass is 10.2. The Hall–Kier alpha value is -2.17. The molecule has 1 aliphatic rings. The van der Waals surface area contributed by atoms with E-state index in [9.17, 15) is 4.39 Å². The third-order valence-corrected chi connectivity index (χ3v) is 3.79. The molecule has 1 aromatic heterocycles. The number of halogens is 1. The molecule has 2 N–H and O–H groups in total. The summed E-state index contributed by atoms with van der Waals surface area (Å²) in [7, 11) is 0. The van der Waals surface area contributed by atoms with E-state index >= 15 is 0 Å². The van der Waals surface area contributed by atoms with Crippen LogP contribution in [0.15, 0.2) is 36.7 Å². The number of benzene rings is 1. The summed E-state index contributed by atoms with van der Waals surface area (Å²) in [6.45, 7) is 0.409. The largest absolute Gasteiger partial charge is 0.367 e. The zero-order valence-electron chi connectivity index (χ0n) is 11.8. The molecule has 0 saturated heterocycles. The fraction of sp³-hybridized carbons (Fsp3) is 0.375. The first kappa shape index (κ1) is 13.8. The molecular formula is C16H19FN4. The van der Waals surface area contributed by atoms with Crippen molar-refractivity contribution in [2.75, 3.05) is 10.6 Å². The molecule has 21 heavy (non-hydrogen) atoms. The molecule has 0 amide bonds. The van der Waals surface area contributed by atoms with Crippen LogP contribution in [0.5, 0.6) is 0 Å². The van der Waals surface area contributed by atoms with Gasteiger partial charge in [0.1, 0.15) is 23.8 Å². The molecule has 0 spiro atoms. The first-order valence-corrected chi connectivity index (χ1v) is 7.37. The third kappa shape index (κ3) is 3.68. The van der Waals surface area contributed by atoms with E-state index in [1.54, 1.807) is 12.1 Å². The summed E-state index contributed by atoms with van der Waals surface area (Å²) in [5, 5.41) is 6.56. The van der Waals surface area contributed by atoms with Crippen LogP contribution < -0.4 is 10.6 Å². The van der Waals surface area contributed by atoms with E-state index in [2.05, 4.69) is 20.6 Å². The summed E-state index contributed by atoms with van der Waals surface area (Å²) in [6.07, 6.45) is 6.48. The quantitative estimate of drug-likeness (QED) is 0.882. The van der Waals surface area contributed by atoms with Crippen LogP contribution in [0.3, 0.4) is 0 Å². The van der Waals surface area contributed by atoms with Crippen LogP contribution in [0.1, 0.15) is 31.2 Å². The summed E-state index contributed by atoms with van der Waals surface area (Å²) < 4.78 is 13.6. The molecule has 1 aromatic carbocycles. The standard InChI is InChI=1S/C16H19FN4/c17-14-8-4-1-5-12(14)10-18-15-9-16(20-11-19-15)21-13-6-2-3-7-13/h1,4-5,8-9,11,13H,2-3,6-7,10H2,(H2,18,19,20,21). The predicted octanol–water partition coefficient (Wildman–Crippen LogP) is 3.58. The van der Waals surface area contributed by atoms with E-state index in [1.165, 1.54) is 38.1 Å². The van der Waals surface area contributed by atoms with Crippen LogP contribution in [0.4, 0.5) is 16.0 Å². The van der Waals surface area contributed by atoms with Gasteiger partial charge in [0, 0.05) is 24.2 Å². The Morgan fingerprint density at radius 1 is 1.10 bits per heavy atom. The number of rotatable bonds is 5. The average Bonchev–Trinajstić information content (AvgIpc) is 3.00. The highest BCUT2D eigenvalue weighted by molar-refractivity contribution is 5.47. The molecule has 0 aliphatic heterocycles. The molecule has 4 nitrogen and oxygen atoms in total. The van der Waals surface area contributed by atoms with Gasteiger partial charge in [-0.2, -0.15) is 0 Å². The minimum Gasteiger partial charge on any atom is -0.367 e. The number of nitrogens with one attached hydrogen (secondary N) is 2. The normalized spacial score (nSPS) is 15.1. The van der Waals surface area contributed by atoms with Gasteiger partial charge in [0.2, 0.25) is 0 Å². The molecule has 1 aliphatic carbocycles. The highest BCUT2D eigenvalue weighted by Crippen LogP contribution is 2.22. The van der Waals surface area contributed by atoms with E-state index in [0.29, 0.717) is 24.0 Å². The van der Waals surface area contributed by atoms with Gasteiger partial charge in [0.25, 0.3) is 0 Å². The van der Waals surface area contributed by atoms with Crippen LogP contribution in [0.25, 0.3) is 0 Å². The molecule has 110 valence electrons. The highest BCUT2D eigenvalue weighted by Gasteiger charge is 2.15. The number of aromatic nitrogens is 2. The molecule has 1 heterocycles. The van der Waals surface area contributed by atoms with Crippen molar-refractivity contribution in [3.05, 3.63) is 48.0 Å². The Morgan fingerprint density at radius 3 is 2.67 bits per heavy atom. The van der Waals surface area contributed by atoms with E-state index in [0.717, 1.165) is 5.82 Å². The second kappa shape index (κ2) is 6.52. The van der Waals surface area contributed by atoms with Gasteiger partial charge in [-0.05, 0) is 18.9 Å². The Balaban J connectivity index is 1.61. The third-order valence-electron chi connectivity index (χ3n) is 3.79. The van der Waals surface area contributed by atoms with E-state index < -0.39 is 0 Å². The molecule has 2 aromatic rings. The van der Waals surface area contributed by atoms with Crippen LogP contribution in [-0.4, -0.2) is 16.0 Å². The Bertz CT molecular complexity index is 596. The summed E-state index contributed by atoms with van der Waals surface area (Å²) in [6, 6.07) is 9.13. The fourth-order valence-corrected chi connectivity index (χ4v) is 2.64. The second-order valence-electron chi connectivity index (χ2n) is 5.36. The lowest BCUT2D eigenvalue weighted by molar-refractivity contribution is 0.613. The smallest absolute Gasteiger partial charge is 0.131 e. The molecule has 0 bridgehead atoms. The van der Waals surface area contributed by atoms with Crippen molar-refractivity contribution in [3.63, 3.8) is 0 Å². The predicted molar refractivity (Wildman–Crippen MR) is 81.6 cm³/mol. The van der Waals surface area contributed by atoms with E-state index in [1.807, 2.05) is 12.1 Å². The maximum Gasteiger partial charge on any atom is 0.131 e. The number of anilines is 2. The zero-order valence-corrected chi connectivity index (χ0v) is 11.8. The van der Waals surface area contributed by atoms with Crippen molar-refractivity contribution in [3.8, 4) is 0 Å². The van der Waals surface area contributed by atoms with E-state index in [-0.39, 0.29) is 5.82 Å².